The van der Waals surface area contributed by atoms with Crippen LogP contribution in [0, 0.1) is 23.7 Å². The molecular weight excluding hydrogens is 335 g/mol. The highest BCUT2D eigenvalue weighted by atomic mass is 31.2. The lowest BCUT2D eigenvalue weighted by atomic mass is 9.98. The maximum atomic E-state index is 11.9. The van der Waals surface area contributed by atoms with Gasteiger partial charge in [0.2, 0.25) is 0 Å². The summed E-state index contributed by atoms with van der Waals surface area (Å²) in [4.78, 5) is 9.75. The van der Waals surface area contributed by atoms with Crippen molar-refractivity contribution < 1.29 is 18.5 Å². The molecule has 0 aliphatic heterocycles. The highest BCUT2D eigenvalue weighted by Gasteiger charge is 2.21. The lowest BCUT2D eigenvalue weighted by molar-refractivity contribution is 0.136. The van der Waals surface area contributed by atoms with Crippen LogP contribution in [0.3, 0.4) is 0 Å². The van der Waals surface area contributed by atoms with E-state index in [9.17, 15) is 9.46 Å². The Morgan fingerprint density at radius 2 is 1.04 bits per heavy atom. The first-order valence-corrected chi connectivity index (χ1v) is 11.7. The Labute approximate surface area is 156 Å². The van der Waals surface area contributed by atoms with E-state index in [1.807, 2.05) is 0 Å². The van der Waals surface area contributed by atoms with Gasteiger partial charge < -0.3 is 4.89 Å². The topological polar surface area (TPSA) is 55.8 Å². The van der Waals surface area contributed by atoms with Gasteiger partial charge >= 0.3 is 7.82 Å². The summed E-state index contributed by atoms with van der Waals surface area (Å²) in [7, 11) is -3.89. The van der Waals surface area contributed by atoms with Gasteiger partial charge in [0.1, 0.15) is 0 Å². The Balaban J connectivity index is 3.74. The van der Waals surface area contributed by atoms with Crippen molar-refractivity contribution in [3.8, 4) is 0 Å². The average molecular weight is 379 g/mol. The van der Waals surface area contributed by atoms with Crippen molar-refractivity contribution in [1.29, 1.82) is 0 Å². The molecule has 25 heavy (non-hydrogen) atoms. The summed E-state index contributed by atoms with van der Waals surface area (Å²) in [5.41, 5.74) is 0. The highest BCUT2D eigenvalue weighted by Crippen LogP contribution is 2.43. The van der Waals surface area contributed by atoms with E-state index in [4.69, 9.17) is 9.05 Å². The predicted octanol–water partition coefficient (Wildman–Crippen LogP) is 6.83. The molecule has 0 heterocycles. The molecule has 0 radical (unpaired) electrons. The maximum Gasteiger partial charge on any atom is 0.472 e. The summed E-state index contributed by atoms with van der Waals surface area (Å²) < 4.78 is 22.1. The Morgan fingerprint density at radius 1 is 0.680 bits per heavy atom. The van der Waals surface area contributed by atoms with Crippen LogP contribution in [0.1, 0.15) is 92.9 Å². The van der Waals surface area contributed by atoms with E-state index in [1.54, 1.807) is 0 Å². The van der Waals surface area contributed by atoms with E-state index < -0.39 is 7.82 Å². The second-order valence-electron chi connectivity index (χ2n) is 8.57. The van der Waals surface area contributed by atoms with Crippen LogP contribution in [0.25, 0.3) is 0 Å². The summed E-state index contributed by atoms with van der Waals surface area (Å²) in [5.74, 6) is 2.50. The van der Waals surface area contributed by atoms with Crippen LogP contribution in [0.2, 0.25) is 0 Å². The minimum Gasteiger partial charge on any atom is -0.302 e. The van der Waals surface area contributed by atoms with Crippen molar-refractivity contribution in [2.75, 3.05) is 13.2 Å². The van der Waals surface area contributed by atoms with Crippen LogP contribution >= 0.6 is 7.82 Å². The average Bonchev–Trinajstić information content (AvgIpc) is 2.45. The van der Waals surface area contributed by atoms with Gasteiger partial charge in [-0.2, -0.15) is 0 Å². The smallest absolute Gasteiger partial charge is 0.302 e. The molecule has 152 valence electrons. The van der Waals surface area contributed by atoms with E-state index in [0.717, 1.165) is 37.5 Å². The molecule has 0 spiro atoms. The van der Waals surface area contributed by atoms with Crippen molar-refractivity contribution >= 4 is 7.82 Å². The fourth-order valence-corrected chi connectivity index (χ4v) is 3.56. The first-order valence-electron chi connectivity index (χ1n) is 10.2. The minimum atomic E-state index is -3.89. The van der Waals surface area contributed by atoms with Gasteiger partial charge in [0.25, 0.3) is 0 Å². The Morgan fingerprint density at radius 3 is 1.36 bits per heavy atom. The molecule has 0 saturated heterocycles. The molecule has 0 aliphatic rings. The van der Waals surface area contributed by atoms with Crippen molar-refractivity contribution in [2.24, 2.45) is 23.7 Å². The zero-order valence-corrected chi connectivity index (χ0v) is 18.4. The Hall–Kier alpha value is 0.110. The van der Waals surface area contributed by atoms with Crippen LogP contribution in [-0.4, -0.2) is 18.1 Å². The molecule has 0 aromatic rings. The summed E-state index contributed by atoms with van der Waals surface area (Å²) >= 11 is 0. The van der Waals surface area contributed by atoms with E-state index >= 15 is 0 Å². The number of phosphoric acid groups is 1. The lowest BCUT2D eigenvalue weighted by Gasteiger charge is -2.16. The van der Waals surface area contributed by atoms with Gasteiger partial charge in [-0.05, 0) is 36.5 Å². The molecule has 0 aromatic carbocycles. The number of rotatable bonds is 16. The third-order valence-electron chi connectivity index (χ3n) is 4.69. The van der Waals surface area contributed by atoms with Gasteiger partial charge in [-0.25, -0.2) is 4.57 Å². The van der Waals surface area contributed by atoms with E-state index in [2.05, 4.69) is 41.5 Å². The quantitative estimate of drug-likeness (QED) is 0.299. The molecule has 2 atom stereocenters. The first-order chi connectivity index (χ1) is 11.6. The predicted molar refractivity (Wildman–Crippen MR) is 107 cm³/mol. The summed E-state index contributed by atoms with van der Waals surface area (Å²) in [5, 5.41) is 0. The maximum absolute atomic E-state index is 11.9. The lowest BCUT2D eigenvalue weighted by Crippen LogP contribution is -2.05. The number of phosphoric ester groups is 1. The van der Waals surface area contributed by atoms with Crippen LogP contribution in [0.15, 0.2) is 0 Å². The molecule has 0 rings (SSSR count). The monoisotopic (exact) mass is 378 g/mol. The molecule has 0 bridgehead atoms. The van der Waals surface area contributed by atoms with Gasteiger partial charge in [-0.15, -0.1) is 0 Å². The normalized spacial score (nSPS) is 17.0. The molecule has 0 aliphatic carbocycles. The van der Waals surface area contributed by atoms with Gasteiger partial charge in [-0.3, -0.25) is 9.05 Å². The van der Waals surface area contributed by atoms with Gasteiger partial charge in [0.15, 0.2) is 0 Å². The molecule has 0 amide bonds. The molecule has 1 N–H and O–H groups in total. The second-order valence-corrected chi connectivity index (χ2v) is 10.0. The zero-order valence-electron chi connectivity index (χ0n) is 17.5. The van der Waals surface area contributed by atoms with Crippen LogP contribution in [0.4, 0.5) is 0 Å². The van der Waals surface area contributed by atoms with Crippen LogP contribution in [-0.2, 0) is 13.6 Å². The van der Waals surface area contributed by atoms with E-state index in [-0.39, 0.29) is 0 Å². The molecule has 4 nitrogen and oxygen atoms in total. The molecular formula is C20H43O4P. The molecule has 5 heteroatoms. The summed E-state index contributed by atoms with van der Waals surface area (Å²) in [6, 6.07) is 0. The fourth-order valence-electron chi connectivity index (χ4n) is 2.81. The van der Waals surface area contributed by atoms with E-state index in [1.165, 1.54) is 25.7 Å². The largest absolute Gasteiger partial charge is 0.472 e. The highest BCUT2D eigenvalue weighted by molar-refractivity contribution is 7.47. The standard InChI is InChI=1S/C20H43O4P/c1-17(2)9-7-11-19(5)13-15-23-25(21,22)24-16-14-20(6)12-8-10-18(3)4/h17-20H,7-16H2,1-6H3,(H,21,22). The number of hydrogen-bond donors (Lipinski definition) is 1. The van der Waals surface area contributed by atoms with Crippen molar-refractivity contribution in [3.63, 3.8) is 0 Å². The third-order valence-corrected chi connectivity index (χ3v) is 5.70. The van der Waals surface area contributed by atoms with Crippen molar-refractivity contribution in [3.05, 3.63) is 0 Å². The third kappa shape index (κ3) is 17.3. The van der Waals surface area contributed by atoms with Gasteiger partial charge in [0, 0.05) is 0 Å². The van der Waals surface area contributed by atoms with E-state index in [0.29, 0.717) is 25.0 Å². The molecule has 0 fully saturated rings. The number of hydrogen-bond acceptors (Lipinski definition) is 3. The molecule has 0 saturated carbocycles. The summed E-state index contributed by atoms with van der Waals surface area (Å²) in [6.45, 7) is 13.9. The minimum absolute atomic E-state index is 0.292. The van der Waals surface area contributed by atoms with Crippen molar-refractivity contribution in [2.45, 2.75) is 92.9 Å². The second kappa shape index (κ2) is 14.2. The van der Waals surface area contributed by atoms with Gasteiger partial charge in [0.05, 0.1) is 13.2 Å². The molecule has 0 aromatic heterocycles. The fraction of sp³-hybridized carbons (Fsp3) is 1.00. The van der Waals surface area contributed by atoms with Crippen LogP contribution in [0.5, 0.6) is 0 Å². The molecule has 2 unspecified atom stereocenters. The Bertz CT molecular complexity index is 328. The Kier molecular flexibility index (Phi) is 14.3. The summed E-state index contributed by atoms with van der Waals surface area (Å²) in [6.07, 6.45) is 8.79. The SMILES string of the molecule is CC(C)CCCC(C)CCOP(=O)(O)OCCC(C)CCCC(C)C. The van der Waals surface area contributed by atoms with Crippen LogP contribution < -0.4 is 0 Å². The zero-order chi connectivity index (χ0) is 19.3. The van der Waals surface area contributed by atoms with Gasteiger partial charge in [-0.1, -0.05) is 80.1 Å². The first kappa shape index (κ1) is 25.1. The van der Waals surface area contributed by atoms with Crippen molar-refractivity contribution in [1.82, 2.24) is 0 Å².